The molecule has 0 spiro atoms. The second-order valence-corrected chi connectivity index (χ2v) is 10.8. The number of H-pyrrole nitrogens is 1. The summed E-state index contributed by atoms with van der Waals surface area (Å²) in [6.07, 6.45) is 9.71. The van der Waals surface area contributed by atoms with Crippen molar-refractivity contribution in [1.29, 1.82) is 0 Å². The van der Waals surface area contributed by atoms with E-state index in [-0.39, 0.29) is 31.0 Å². The molecule has 1 saturated carbocycles. The quantitative estimate of drug-likeness (QED) is 0.279. The average molecular weight is 558 g/mol. The molecule has 2 aliphatic rings. The summed E-state index contributed by atoms with van der Waals surface area (Å²) < 4.78 is 25.9. The molecule has 6 rings (SSSR count). The fourth-order valence-corrected chi connectivity index (χ4v) is 5.13. The van der Waals surface area contributed by atoms with Crippen molar-refractivity contribution >= 4 is 17.5 Å². The van der Waals surface area contributed by atoms with E-state index in [0.29, 0.717) is 34.4 Å². The maximum Gasteiger partial charge on any atom is 0.230 e. The number of hydrogen-bond donors (Lipinski definition) is 3. The number of rotatable bonds is 7. The van der Waals surface area contributed by atoms with Crippen molar-refractivity contribution < 1.29 is 18.7 Å². The van der Waals surface area contributed by atoms with Gasteiger partial charge in [-0.15, -0.1) is 0 Å². The zero-order valence-electron chi connectivity index (χ0n) is 22.8. The second-order valence-electron chi connectivity index (χ2n) is 10.8. The third-order valence-electron chi connectivity index (χ3n) is 7.49. The van der Waals surface area contributed by atoms with Crippen LogP contribution in [0.2, 0.25) is 0 Å². The van der Waals surface area contributed by atoms with Crippen LogP contribution in [0.3, 0.4) is 0 Å². The Morgan fingerprint density at radius 3 is 2.54 bits per heavy atom. The maximum atomic E-state index is 13.7. The molecule has 0 unspecified atom stereocenters. The molecule has 1 aromatic carbocycles. The highest BCUT2D eigenvalue weighted by Gasteiger charge is 2.41. The smallest absolute Gasteiger partial charge is 0.230 e. The number of aromatic nitrogens is 5. The van der Waals surface area contributed by atoms with E-state index in [1.54, 1.807) is 36.8 Å². The lowest BCUT2D eigenvalue weighted by Gasteiger charge is -2.37. The molecule has 1 aliphatic heterocycles. The summed E-state index contributed by atoms with van der Waals surface area (Å²) in [4.78, 5) is 34.3. The Hall–Kier alpha value is -4.22. The number of amides is 1. The number of aromatic amines is 1. The normalized spacial score (nSPS) is 21.4. The molecule has 1 aliphatic carbocycles. The number of halogens is 1. The first-order valence-electron chi connectivity index (χ1n) is 13.9. The number of hydrogen-bond acceptors (Lipinski definition) is 8. The van der Waals surface area contributed by atoms with Crippen molar-refractivity contribution in [2.75, 3.05) is 18.5 Å². The van der Waals surface area contributed by atoms with Crippen LogP contribution < -0.4 is 10.6 Å². The molecule has 3 N–H and O–H groups in total. The summed E-state index contributed by atoms with van der Waals surface area (Å²) in [5.74, 6) is 0.404. The minimum absolute atomic E-state index is 0.0513. The Morgan fingerprint density at radius 2 is 1.80 bits per heavy atom. The summed E-state index contributed by atoms with van der Waals surface area (Å²) in [5.41, 5.74) is 2.35. The van der Waals surface area contributed by atoms with Crippen LogP contribution in [0.5, 0.6) is 0 Å². The number of ether oxygens (including phenoxy) is 2. The van der Waals surface area contributed by atoms with Gasteiger partial charge >= 0.3 is 0 Å². The lowest BCUT2D eigenvalue weighted by atomic mass is 9.89. The molecule has 4 heterocycles. The van der Waals surface area contributed by atoms with Gasteiger partial charge in [0.25, 0.3) is 0 Å². The van der Waals surface area contributed by atoms with Gasteiger partial charge in [-0.05, 0) is 62.2 Å². The van der Waals surface area contributed by atoms with E-state index in [1.807, 2.05) is 19.1 Å². The molecular formula is C30H32FN7O3. The molecule has 41 heavy (non-hydrogen) atoms. The van der Waals surface area contributed by atoms with Gasteiger partial charge in [-0.3, -0.25) is 9.78 Å². The van der Waals surface area contributed by atoms with Gasteiger partial charge in [0.05, 0.1) is 47.6 Å². The number of benzene rings is 1. The van der Waals surface area contributed by atoms with E-state index in [1.165, 1.54) is 18.6 Å². The minimum atomic E-state index is -0.812. The van der Waals surface area contributed by atoms with Crippen LogP contribution in [-0.2, 0) is 14.3 Å². The molecule has 3 aromatic heterocycles. The highest BCUT2D eigenvalue weighted by molar-refractivity contribution is 5.83. The molecule has 10 nitrogen and oxygen atoms in total. The Labute approximate surface area is 237 Å². The Kier molecular flexibility index (Phi) is 7.71. The number of carbonyl (C=O) groups excluding carboxylic acids is 1. The fourth-order valence-electron chi connectivity index (χ4n) is 5.13. The van der Waals surface area contributed by atoms with Gasteiger partial charge in [0, 0.05) is 24.0 Å². The predicted molar refractivity (Wildman–Crippen MR) is 150 cm³/mol. The van der Waals surface area contributed by atoms with Gasteiger partial charge in [0.15, 0.2) is 5.82 Å². The zero-order valence-corrected chi connectivity index (χ0v) is 22.8. The summed E-state index contributed by atoms with van der Waals surface area (Å²) in [7, 11) is 0. The van der Waals surface area contributed by atoms with Crippen molar-refractivity contribution in [3.05, 3.63) is 72.7 Å². The fraction of sp³-hybridized carbons (Fsp3) is 0.367. The van der Waals surface area contributed by atoms with Crippen molar-refractivity contribution in [1.82, 2.24) is 30.2 Å². The molecule has 4 aromatic rings. The number of imidazole rings is 1. The molecule has 1 amide bonds. The number of nitrogens with zero attached hydrogens (tertiary/aromatic N) is 4. The van der Waals surface area contributed by atoms with E-state index >= 15 is 0 Å². The first-order chi connectivity index (χ1) is 20.0. The first-order valence-corrected chi connectivity index (χ1v) is 13.9. The average Bonchev–Trinajstić information content (AvgIpc) is 3.45. The molecule has 1 saturated heterocycles. The summed E-state index contributed by atoms with van der Waals surface area (Å²) >= 11 is 0. The van der Waals surface area contributed by atoms with Crippen LogP contribution in [0.1, 0.15) is 51.1 Å². The second kappa shape index (κ2) is 11.7. The highest BCUT2D eigenvalue weighted by Crippen LogP contribution is 2.36. The topological polar surface area (TPSA) is 127 Å². The van der Waals surface area contributed by atoms with E-state index in [9.17, 15) is 9.18 Å². The van der Waals surface area contributed by atoms with E-state index in [2.05, 4.69) is 30.6 Å². The molecule has 11 heteroatoms. The Balaban J connectivity index is 1.24. The summed E-state index contributed by atoms with van der Waals surface area (Å²) in [5, 5.41) is 6.33. The van der Waals surface area contributed by atoms with Gasteiger partial charge in [-0.2, -0.15) is 0 Å². The molecule has 0 bridgehead atoms. The molecule has 212 valence electrons. The van der Waals surface area contributed by atoms with Gasteiger partial charge in [-0.1, -0.05) is 19.3 Å². The van der Waals surface area contributed by atoms with Crippen LogP contribution in [0.25, 0.3) is 22.6 Å². The predicted octanol–water partition coefficient (Wildman–Crippen LogP) is 5.31. The van der Waals surface area contributed by atoms with Crippen molar-refractivity contribution in [2.45, 2.75) is 51.4 Å². The van der Waals surface area contributed by atoms with Crippen molar-refractivity contribution in [3.63, 3.8) is 0 Å². The third kappa shape index (κ3) is 6.10. The van der Waals surface area contributed by atoms with Crippen LogP contribution in [0.4, 0.5) is 16.0 Å². The first kappa shape index (κ1) is 27.0. The van der Waals surface area contributed by atoms with Crippen LogP contribution in [0, 0.1) is 11.2 Å². The minimum Gasteiger partial charge on any atom is -0.353 e. The van der Waals surface area contributed by atoms with E-state index in [0.717, 1.165) is 31.4 Å². The van der Waals surface area contributed by atoms with Gasteiger partial charge in [0.2, 0.25) is 18.1 Å². The lowest BCUT2D eigenvalue weighted by molar-refractivity contribution is -0.231. The summed E-state index contributed by atoms with van der Waals surface area (Å²) in [6, 6.07) is 11.7. The standard InChI is InChI=1S/C30H32FN7O3/c1-30(28(39)34-21-6-3-2-4-7-21)17-40-27(41-18-30)26-37-24(19-9-11-20(31)12-10-19)25(38-26)23-13-15-33-29(36-23)35-22-8-5-14-32-16-22/h5,8-16,21,27H,2-4,6-7,17-18H2,1H3,(H,34,39)(H,37,38)(H,33,35,36). The monoisotopic (exact) mass is 557 g/mol. The highest BCUT2D eigenvalue weighted by atomic mass is 19.1. The largest absolute Gasteiger partial charge is 0.353 e. The third-order valence-corrected chi connectivity index (χ3v) is 7.49. The van der Waals surface area contributed by atoms with E-state index in [4.69, 9.17) is 14.5 Å². The maximum absolute atomic E-state index is 13.7. The zero-order chi connectivity index (χ0) is 28.2. The van der Waals surface area contributed by atoms with Gasteiger partial charge in [0.1, 0.15) is 5.82 Å². The Morgan fingerprint density at radius 1 is 1.02 bits per heavy atom. The van der Waals surface area contributed by atoms with Crippen molar-refractivity contribution in [3.8, 4) is 22.6 Å². The lowest BCUT2D eigenvalue weighted by Crippen LogP contribution is -2.51. The molecule has 2 fully saturated rings. The number of anilines is 2. The molecular weight excluding hydrogens is 525 g/mol. The Bertz CT molecular complexity index is 1480. The van der Waals surface area contributed by atoms with Crippen LogP contribution in [-0.4, -0.2) is 50.1 Å². The molecule has 0 atom stereocenters. The van der Waals surface area contributed by atoms with Crippen LogP contribution in [0.15, 0.2) is 61.1 Å². The number of nitrogens with one attached hydrogen (secondary N) is 3. The number of pyridine rings is 1. The van der Waals surface area contributed by atoms with E-state index < -0.39 is 11.7 Å². The summed E-state index contributed by atoms with van der Waals surface area (Å²) in [6.45, 7) is 2.23. The number of carbonyl (C=O) groups is 1. The van der Waals surface area contributed by atoms with Gasteiger partial charge < -0.3 is 25.1 Å². The van der Waals surface area contributed by atoms with Gasteiger partial charge in [-0.25, -0.2) is 19.3 Å². The molecule has 0 radical (unpaired) electrons. The van der Waals surface area contributed by atoms with Crippen LogP contribution >= 0.6 is 0 Å². The SMILES string of the molecule is CC1(C(=O)NC2CCCCC2)COC(c2nc(-c3ccc(F)cc3)c(-c3ccnc(Nc4cccnc4)n3)[nH]2)OC1. The van der Waals surface area contributed by atoms with Crippen molar-refractivity contribution in [2.24, 2.45) is 5.41 Å².